The van der Waals surface area contributed by atoms with Crippen LogP contribution in [0, 0.1) is 5.92 Å². The van der Waals surface area contributed by atoms with Crippen molar-refractivity contribution in [3.8, 4) is 0 Å². The Hall–Kier alpha value is -0.0800. The predicted molar refractivity (Wildman–Crippen MR) is 62.3 cm³/mol. The van der Waals surface area contributed by atoms with Gasteiger partial charge in [-0.15, -0.1) is 0 Å². The second-order valence-corrected chi connectivity index (χ2v) is 5.58. The molecule has 2 N–H and O–H groups in total. The highest BCUT2D eigenvalue weighted by Gasteiger charge is 2.34. The number of rotatable bonds is 4. The third-order valence-electron chi connectivity index (χ3n) is 3.55. The van der Waals surface area contributed by atoms with Crippen molar-refractivity contribution in [1.29, 1.82) is 0 Å². The van der Waals surface area contributed by atoms with Gasteiger partial charge in [0.15, 0.2) is 0 Å². The summed E-state index contributed by atoms with van der Waals surface area (Å²) in [7, 11) is 0. The number of likely N-dealkylation sites (tertiary alicyclic amines) is 1. The summed E-state index contributed by atoms with van der Waals surface area (Å²) in [6, 6.07) is 0.306. The predicted octanol–water partition coefficient (Wildman–Crippen LogP) is 2.23. The molecule has 0 aromatic rings. The molecule has 0 amide bonds. The molecule has 2 heteroatoms. The van der Waals surface area contributed by atoms with Gasteiger partial charge >= 0.3 is 0 Å². The third-order valence-corrected chi connectivity index (χ3v) is 3.55. The number of hydrogen-bond donors (Lipinski definition) is 1. The van der Waals surface area contributed by atoms with Gasteiger partial charge in [-0.3, -0.25) is 4.90 Å². The Balaban J connectivity index is 2.53. The minimum atomic E-state index is 0.181. The molecule has 1 rings (SSSR count). The molecule has 0 aromatic carbocycles. The van der Waals surface area contributed by atoms with Gasteiger partial charge in [0.25, 0.3) is 0 Å². The molecule has 1 heterocycles. The van der Waals surface area contributed by atoms with Gasteiger partial charge in [0, 0.05) is 11.6 Å². The zero-order valence-electron chi connectivity index (χ0n) is 10.2. The average molecular weight is 198 g/mol. The van der Waals surface area contributed by atoms with Crippen molar-refractivity contribution in [2.45, 2.75) is 58.5 Å². The van der Waals surface area contributed by atoms with E-state index in [1.807, 2.05) is 0 Å². The van der Waals surface area contributed by atoms with Gasteiger partial charge in [0.05, 0.1) is 0 Å². The Morgan fingerprint density at radius 2 is 1.71 bits per heavy atom. The SMILES string of the molecule is CC(C)CC(N)C(C)(C)N1CCCC1. The molecule has 1 saturated heterocycles. The van der Waals surface area contributed by atoms with Crippen LogP contribution in [0.25, 0.3) is 0 Å². The van der Waals surface area contributed by atoms with Gasteiger partial charge in [-0.25, -0.2) is 0 Å². The summed E-state index contributed by atoms with van der Waals surface area (Å²) in [6.07, 6.45) is 3.82. The van der Waals surface area contributed by atoms with Crippen LogP contribution in [0.15, 0.2) is 0 Å². The van der Waals surface area contributed by atoms with Crippen molar-refractivity contribution < 1.29 is 0 Å². The molecule has 84 valence electrons. The second kappa shape index (κ2) is 4.63. The first-order chi connectivity index (χ1) is 6.44. The van der Waals surface area contributed by atoms with Crippen LogP contribution < -0.4 is 5.73 Å². The summed E-state index contributed by atoms with van der Waals surface area (Å²) < 4.78 is 0. The smallest absolute Gasteiger partial charge is 0.0304 e. The first-order valence-electron chi connectivity index (χ1n) is 5.95. The quantitative estimate of drug-likeness (QED) is 0.750. The van der Waals surface area contributed by atoms with Gasteiger partial charge in [-0.2, -0.15) is 0 Å². The van der Waals surface area contributed by atoms with Crippen molar-refractivity contribution in [2.75, 3.05) is 13.1 Å². The van der Waals surface area contributed by atoms with Crippen molar-refractivity contribution in [1.82, 2.24) is 4.90 Å². The maximum absolute atomic E-state index is 6.29. The summed E-state index contributed by atoms with van der Waals surface area (Å²) in [5, 5.41) is 0. The lowest BCUT2D eigenvalue weighted by molar-refractivity contribution is 0.114. The Labute approximate surface area is 88.8 Å². The fourth-order valence-electron chi connectivity index (χ4n) is 2.32. The van der Waals surface area contributed by atoms with Gasteiger partial charge in [-0.1, -0.05) is 13.8 Å². The van der Waals surface area contributed by atoms with Crippen LogP contribution in [0.4, 0.5) is 0 Å². The second-order valence-electron chi connectivity index (χ2n) is 5.58. The molecule has 0 aromatic heterocycles. The Bertz CT molecular complexity index is 169. The molecule has 1 aliphatic heterocycles. The van der Waals surface area contributed by atoms with Gasteiger partial charge in [-0.05, 0) is 52.1 Å². The van der Waals surface area contributed by atoms with E-state index in [0.717, 1.165) is 6.42 Å². The zero-order valence-corrected chi connectivity index (χ0v) is 10.2. The lowest BCUT2D eigenvalue weighted by atomic mass is 9.87. The monoisotopic (exact) mass is 198 g/mol. The normalized spacial score (nSPS) is 21.9. The number of hydrogen-bond acceptors (Lipinski definition) is 2. The number of nitrogens with two attached hydrogens (primary N) is 1. The van der Waals surface area contributed by atoms with Crippen LogP contribution in [0.5, 0.6) is 0 Å². The molecule has 2 nitrogen and oxygen atoms in total. The van der Waals surface area contributed by atoms with E-state index < -0.39 is 0 Å². The van der Waals surface area contributed by atoms with E-state index in [1.165, 1.54) is 25.9 Å². The molecular weight excluding hydrogens is 172 g/mol. The van der Waals surface area contributed by atoms with Crippen molar-refractivity contribution in [3.05, 3.63) is 0 Å². The first-order valence-corrected chi connectivity index (χ1v) is 5.95. The van der Waals surface area contributed by atoms with Crippen LogP contribution in [-0.2, 0) is 0 Å². The van der Waals surface area contributed by atoms with Crippen molar-refractivity contribution >= 4 is 0 Å². The van der Waals surface area contributed by atoms with Crippen LogP contribution in [0.1, 0.15) is 47.0 Å². The van der Waals surface area contributed by atoms with Gasteiger partial charge < -0.3 is 5.73 Å². The van der Waals surface area contributed by atoms with Crippen molar-refractivity contribution in [2.24, 2.45) is 11.7 Å². The van der Waals surface area contributed by atoms with E-state index in [2.05, 4.69) is 32.6 Å². The molecular formula is C12H26N2. The maximum atomic E-state index is 6.29. The van der Waals surface area contributed by atoms with Crippen molar-refractivity contribution in [3.63, 3.8) is 0 Å². The molecule has 1 fully saturated rings. The Morgan fingerprint density at radius 3 is 2.14 bits per heavy atom. The van der Waals surface area contributed by atoms with E-state index in [4.69, 9.17) is 5.73 Å². The van der Waals surface area contributed by atoms with Crippen LogP contribution >= 0.6 is 0 Å². The summed E-state index contributed by atoms with van der Waals surface area (Å²) in [4.78, 5) is 2.56. The van der Waals surface area contributed by atoms with E-state index in [1.54, 1.807) is 0 Å². The van der Waals surface area contributed by atoms with Crippen LogP contribution in [0.3, 0.4) is 0 Å². The van der Waals surface area contributed by atoms with Crippen LogP contribution in [-0.4, -0.2) is 29.6 Å². The summed E-state index contributed by atoms with van der Waals surface area (Å²) >= 11 is 0. The molecule has 0 bridgehead atoms. The number of nitrogens with zero attached hydrogens (tertiary/aromatic N) is 1. The molecule has 0 aliphatic carbocycles. The van der Waals surface area contributed by atoms with E-state index >= 15 is 0 Å². The zero-order chi connectivity index (χ0) is 10.8. The highest BCUT2D eigenvalue weighted by molar-refractivity contribution is 4.93. The standard InChI is InChI=1S/C12H26N2/c1-10(2)9-11(13)12(3,4)14-7-5-6-8-14/h10-11H,5-9,13H2,1-4H3. The highest BCUT2D eigenvalue weighted by Crippen LogP contribution is 2.26. The van der Waals surface area contributed by atoms with Gasteiger partial charge in [0.1, 0.15) is 0 Å². The highest BCUT2D eigenvalue weighted by atomic mass is 15.2. The van der Waals surface area contributed by atoms with E-state index in [-0.39, 0.29) is 5.54 Å². The minimum Gasteiger partial charge on any atom is -0.326 e. The van der Waals surface area contributed by atoms with E-state index in [9.17, 15) is 0 Å². The molecule has 1 aliphatic rings. The Kier molecular flexibility index (Phi) is 3.96. The van der Waals surface area contributed by atoms with E-state index in [0.29, 0.717) is 12.0 Å². The first kappa shape index (κ1) is 12.0. The average Bonchev–Trinajstić information content (AvgIpc) is 2.54. The fraction of sp³-hybridized carbons (Fsp3) is 1.00. The molecule has 14 heavy (non-hydrogen) atoms. The third kappa shape index (κ3) is 2.71. The molecule has 0 saturated carbocycles. The topological polar surface area (TPSA) is 29.3 Å². The van der Waals surface area contributed by atoms with Crippen LogP contribution in [0.2, 0.25) is 0 Å². The lowest BCUT2D eigenvalue weighted by Gasteiger charge is -2.41. The summed E-state index contributed by atoms with van der Waals surface area (Å²) in [5.41, 5.74) is 6.47. The molecule has 1 atom stereocenters. The minimum absolute atomic E-state index is 0.181. The summed E-state index contributed by atoms with van der Waals surface area (Å²) in [5.74, 6) is 0.701. The largest absolute Gasteiger partial charge is 0.326 e. The van der Waals surface area contributed by atoms with Gasteiger partial charge in [0.2, 0.25) is 0 Å². The lowest BCUT2D eigenvalue weighted by Crippen LogP contribution is -2.55. The molecule has 1 unspecified atom stereocenters. The molecule has 0 spiro atoms. The fourth-order valence-corrected chi connectivity index (χ4v) is 2.32. The maximum Gasteiger partial charge on any atom is 0.0304 e. The molecule has 0 radical (unpaired) electrons. The summed E-state index contributed by atoms with van der Waals surface area (Å²) in [6.45, 7) is 11.6. The Morgan fingerprint density at radius 1 is 1.21 bits per heavy atom.